The van der Waals surface area contributed by atoms with Crippen molar-refractivity contribution in [3.63, 3.8) is 0 Å². The van der Waals surface area contributed by atoms with Crippen molar-refractivity contribution >= 4 is 25.0 Å². The molecule has 128 valence electrons. The monoisotopic (exact) mass is 350 g/mol. The Balaban J connectivity index is 4.10. The highest BCUT2D eigenvalue weighted by atomic mass is 28.4. The lowest BCUT2D eigenvalue weighted by Gasteiger charge is -2.29. The van der Waals surface area contributed by atoms with E-state index in [-0.39, 0.29) is 6.10 Å². The molecule has 0 aromatic carbocycles. The van der Waals surface area contributed by atoms with Gasteiger partial charge in [-0.3, -0.25) is 0 Å². The van der Waals surface area contributed by atoms with Crippen LogP contribution in [0.2, 0.25) is 58.9 Å². The lowest BCUT2D eigenvalue weighted by atomic mass is 10.2. The van der Waals surface area contributed by atoms with Crippen LogP contribution in [0.3, 0.4) is 0 Å². The largest absolute Gasteiger partial charge is 0.418 e. The first kappa shape index (κ1) is 21.5. The van der Waals surface area contributed by atoms with Crippen LogP contribution in [0.15, 0.2) is 0 Å². The minimum atomic E-state index is -1.50. The van der Waals surface area contributed by atoms with Gasteiger partial charge in [-0.25, -0.2) is 0 Å². The lowest BCUT2D eigenvalue weighted by molar-refractivity contribution is 0.108. The van der Waals surface area contributed by atoms with Crippen molar-refractivity contribution in [2.24, 2.45) is 0 Å². The zero-order valence-corrected chi connectivity index (χ0v) is 18.8. The summed E-state index contributed by atoms with van der Waals surface area (Å²) >= 11 is 0. The molecule has 0 bridgehead atoms. The maximum Gasteiger partial charge on any atom is 0.184 e. The van der Waals surface area contributed by atoms with E-state index in [0.717, 1.165) is 32.5 Å². The molecule has 21 heavy (non-hydrogen) atoms. The van der Waals surface area contributed by atoms with Crippen LogP contribution in [0.1, 0.15) is 19.3 Å². The Morgan fingerprint density at radius 3 is 1.62 bits per heavy atom. The molecular weight excluding hydrogens is 312 g/mol. The summed E-state index contributed by atoms with van der Waals surface area (Å²) in [6.07, 6.45) is 3.64. The van der Waals surface area contributed by atoms with Gasteiger partial charge in [-0.15, -0.1) is 0 Å². The fraction of sp³-hybridized carbons (Fsp3) is 1.00. The van der Waals surface area contributed by atoms with E-state index in [0.29, 0.717) is 0 Å². The van der Waals surface area contributed by atoms with Crippen LogP contribution in [0.5, 0.6) is 0 Å². The molecule has 0 aliphatic heterocycles. The summed E-state index contributed by atoms with van der Waals surface area (Å²) in [6.45, 7) is 21.8. The second kappa shape index (κ2) is 8.98. The first-order valence-electron chi connectivity index (χ1n) is 8.24. The molecule has 0 amide bonds. The van der Waals surface area contributed by atoms with Gasteiger partial charge in [0.05, 0.1) is 12.7 Å². The second-order valence-corrected chi connectivity index (χ2v) is 22.2. The van der Waals surface area contributed by atoms with E-state index < -0.39 is 25.0 Å². The van der Waals surface area contributed by atoms with Gasteiger partial charge in [-0.05, 0) is 78.2 Å². The van der Waals surface area contributed by atoms with E-state index in [4.69, 9.17) is 13.3 Å². The fourth-order valence-corrected chi connectivity index (χ4v) is 4.50. The highest BCUT2D eigenvalue weighted by Gasteiger charge is 2.23. The van der Waals surface area contributed by atoms with Gasteiger partial charge in [0.1, 0.15) is 0 Å². The SMILES string of the molecule is C[Si](C)(C)OCCCCC(CO[Si](C)(C)C)O[Si](C)(C)C. The molecular formula is C15H38O3Si3. The Hall–Kier alpha value is 0.531. The highest BCUT2D eigenvalue weighted by Crippen LogP contribution is 2.16. The molecule has 1 atom stereocenters. The Kier molecular flexibility index (Phi) is 9.21. The van der Waals surface area contributed by atoms with Crippen molar-refractivity contribution in [2.75, 3.05) is 13.2 Å². The van der Waals surface area contributed by atoms with Gasteiger partial charge >= 0.3 is 0 Å². The van der Waals surface area contributed by atoms with Crippen molar-refractivity contribution in [3.05, 3.63) is 0 Å². The molecule has 0 fully saturated rings. The maximum atomic E-state index is 6.28. The molecule has 0 saturated heterocycles. The zero-order chi connectivity index (χ0) is 16.7. The predicted octanol–water partition coefficient (Wildman–Crippen LogP) is 5.08. The Morgan fingerprint density at radius 1 is 0.667 bits per heavy atom. The summed E-state index contributed by atoms with van der Waals surface area (Å²) in [7, 11) is -4.32. The van der Waals surface area contributed by atoms with Gasteiger partial charge in [0.25, 0.3) is 0 Å². The molecule has 6 heteroatoms. The van der Waals surface area contributed by atoms with Gasteiger partial charge < -0.3 is 13.3 Å². The van der Waals surface area contributed by atoms with Crippen molar-refractivity contribution in [3.8, 4) is 0 Å². The van der Waals surface area contributed by atoms with Crippen molar-refractivity contribution in [1.29, 1.82) is 0 Å². The highest BCUT2D eigenvalue weighted by molar-refractivity contribution is 6.70. The molecule has 0 aromatic heterocycles. The Morgan fingerprint density at radius 2 is 1.19 bits per heavy atom. The Bertz CT molecular complexity index is 277. The van der Waals surface area contributed by atoms with Crippen LogP contribution in [-0.2, 0) is 13.3 Å². The van der Waals surface area contributed by atoms with E-state index in [1.807, 2.05) is 0 Å². The molecule has 0 radical (unpaired) electrons. The van der Waals surface area contributed by atoms with Crippen molar-refractivity contribution in [1.82, 2.24) is 0 Å². The Labute approximate surface area is 136 Å². The third kappa shape index (κ3) is 16.7. The molecule has 0 spiro atoms. The van der Waals surface area contributed by atoms with Crippen LogP contribution in [0.4, 0.5) is 0 Å². The second-order valence-electron chi connectivity index (χ2n) is 8.73. The number of unbranched alkanes of at least 4 members (excludes halogenated alkanes) is 1. The van der Waals surface area contributed by atoms with E-state index in [1.165, 1.54) is 0 Å². The maximum absolute atomic E-state index is 6.28. The summed E-state index contributed by atoms with van der Waals surface area (Å²) in [6, 6.07) is 0. The minimum absolute atomic E-state index is 0.260. The fourth-order valence-electron chi connectivity index (χ4n) is 1.87. The molecule has 0 N–H and O–H groups in total. The average molecular weight is 351 g/mol. The quantitative estimate of drug-likeness (QED) is 0.384. The first-order chi connectivity index (χ1) is 9.29. The third-order valence-corrected chi connectivity index (χ3v) is 5.82. The summed E-state index contributed by atoms with van der Waals surface area (Å²) < 4.78 is 18.3. The predicted molar refractivity (Wildman–Crippen MR) is 101 cm³/mol. The van der Waals surface area contributed by atoms with Crippen LogP contribution >= 0.6 is 0 Å². The molecule has 1 unspecified atom stereocenters. The van der Waals surface area contributed by atoms with Gasteiger partial charge in [-0.1, -0.05) is 0 Å². The molecule has 0 aromatic rings. The topological polar surface area (TPSA) is 27.7 Å². The first-order valence-corrected chi connectivity index (χ1v) is 18.5. The number of rotatable bonds is 11. The van der Waals surface area contributed by atoms with E-state index in [1.54, 1.807) is 0 Å². The molecule has 0 rings (SSSR count). The average Bonchev–Trinajstić information content (AvgIpc) is 2.20. The molecule has 0 saturated carbocycles. The van der Waals surface area contributed by atoms with E-state index in [9.17, 15) is 0 Å². The van der Waals surface area contributed by atoms with Gasteiger partial charge in [0, 0.05) is 6.61 Å². The van der Waals surface area contributed by atoms with Gasteiger partial charge in [0.2, 0.25) is 0 Å². The van der Waals surface area contributed by atoms with Gasteiger partial charge in [-0.2, -0.15) is 0 Å². The zero-order valence-electron chi connectivity index (χ0n) is 15.8. The van der Waals surface area contributed by atoms with Crippen molar-refractivity contribution in [2.45, 2.75) is 84.3 Å². The van der Waals surface area contributed by atoms with Crippen LogP contribution < -0.4 is 0 Å². The van der Waals surface area contributed by atoms with Crippen LogP contribution in [0.25, 0.3) is 0 Å². The smallest absolute Gasteiger partial charge is 0.184 e. The minimum Gasteiger partial charge on any atom is -0.418 e. The van der Waals surface area contributed by atoms with Gasteiger partial charge in [0.15, 0.2) is 25.0 Å². The van der Waals surface area contributed by atoms with E-state index >= 15 is 0 Å². The number of hydrogen-bond donors (Lipinski definition) is 0. The van der Waals surface area contributed by atoms with Crippen molar-refractivity contribution < 1.29 is 13.3 Å². The lowest BCUT2D eigenvalue weighted by Crippen LogP contribution is -2.38. The molecule has 3 nitrogen and oxygen atoms in total. The van der Waals surface area contributed by atoms with Crippen LogP contribution in [-0.4, -0.2) is 44.3 Å². The summed E-state index contributed by atoms with van der Waals surface area (Å²) in [5.41, 5.74) is 0. The molecule has 0 heterocycles. The molecule has 0 aliphatic carbocycles. The molecule has 0 aliphatic rings. The summed E-state index contributed by atoms with van der Waals surface area (Å²) in [4.78, 5) is 0. The number of hydrogen-bond acceptors (Lipinski definition) is 3. The standard InChI is InChI=1S/C15H38O3Si3/c1-19(2,3)16-13-11-10-12-15(18-21(7,8)9)14-17-20(4,5)6/h15H,10-14H2,1-9H3. The van der Waals surface area contributed by atoms with E-state index in [2.05, 4.69) is 58.9 Å². The summed E-state index contributed by atoms with van der Waals surface area (Å²) in [5, 5.41) is 0. The summed E-state index contributed by atoms with van der Waals surface area (Å²) in [5.74, 6) is 0. The third-order valence-electron chi connectivity index (χ3n) is 2.68. The van der Waals surface area contributed by atoms with Crippen LogP contribution in [0, 0.1) is 0 Å². The normalized spacial score (nSPS) is 15.3.